The van der Waals surface area contributed by atoms with E-state index in [4.69, 9.17) is 25.8 Å². The van der Waals surface area contributed by atoms with Crippen molar-refractivity contribution in [2.45, 2.75) is 26.0 Å². The van der Waals surface area contributed by atoms with Crippen LogP contribution in [0.4, 0.5) is 0 Å². The van der Waals surface area contributed by atoms with E-state index in [9.17, 15) is 0 Å². The minimum atomic E-state index is -0.415. The van der Waals surface area contributed by atoms with E-state index in [1.807, 2.05) is 54.0 Å². The van der Waals surface area contributed by atoms with Gasteiger partial charge in [-0.15, -0.1) is 15.3 Å². The number of hydrogen-bond acceptors (Lipinski definition) is 9. The number of rotatable bonds is 9. The molecule has 11 heteroatoms. The largest absolute Gasteiger partial charge is 0.492 e. The summed E-state index contributed by atoms with van der Waals surface area (Å²) >= 11 is 6.56. The van der Waals surface area contributed by atoms with Gasteiger partial charge >= 0.3 is 0 Å². The highest BCUT2D eigenvalue weighted by molar-refractivity contribution is 6.32. The molecule has 1 aliphatic rings. The van der Waals surface area contributed by atoms with E-state index in [0.717, 1.165) is 11.3 Å². The highest BCUT2D eigenvalue weighted by atomic mass is 35.5. The Labute approximate surface area is 212 Å². The third kappa shape index (κ3) is 4.94. The molecule has 1 atom stereocenters. The van der Waals surface area contributed by atoms with Crippen LogP contribution in [0.25, 0.3) is 17.2 Å². The standard InChI is InChI=1S/C25H24ClN7O3/c1-3-35-17-8-9-19(28-15-17)24-31-29-21(33(24)20-7-5-4-6-18(20)26)10-11-22-30-32-25(36-22)16-12-13-27-23(14-16)34-2/h4-9,12-15,25,32H,3,10-11H2,1-2H3. The quantitative estimate of drug-likeness (QED) is 0.357. The molecule has 4 heterocycles. The Morgan fingerprint density at radius 2 is 1.97 bits per heavy atom. The zero-order valence-electron chi connectivity index (χ0n) is 19.8. The SMILES string of the molecule is CCOc1ccc(-c2nnc(CCC3=NNC(c4ccnc(OC)c4)O3)n2-c2ccccc2Cl)nc1. The second-order valence-electron chi connectivity index (χ2n) is 7.80. The number of aromatic nitrogens is 5. The van der Waals surface area contributed by atoms with E-state index in [0.29, 0.717) is 59.3 Å². The normalized spacial score (nSPS) is 14.6. The van der Waals surface area contributed by atoms with E-state index in [1.54, 1.807) is 25.6 Å². The first-order valence-corrected chi connectivity index (χ1v) is 11.8. The molecule has 10 nitrogen and oxygen atoms in total. The van der Waals surface area contributed by atoms with Crippen molar-refractivity contribution in [2.75, 3.05) is 13.7 Å². The zero-order valence-corrected chi connectivity index (χ0v) is 20.5. The summed E-state index contributed by atoms with van der Waals surface area (Å²) in [5.41, 5.74) is 5.29. The smallest absolute Gasteiger partial charge is 0.213 e. The van der Waals surface area contributed by atoms with Crippen molar-refractivity contribution >= 4 is 17.5 Å². The Morgan fingerprint density at radius 1 is 1.08 bits per heavy atom. The van der Waals surface area contributed by atoms with Gasteiger partial charge in [-0.3, -0.25) is 9.99 Å². The fourth-order valence-corrected chi connectivity index (χ4v) is 4.01. The molecule has 4 aromatic rings. The molecule has 0 spiro atoms. The number of methoxy groups -OCH3 is 1. The highest BCUT2D eigenvalue weighted by Gasteiger charge is 2.24. The maximum absolute atomic E-state index is 6.56. The Bertz CT molecular complexity index is 1370. The van der Waals surface area contributed by atoms with Crippen LogP contribution in [0, 0.1) is 0 Å². The van der Waals surface area contributed by atoms with Crippen molar-refractivity contribution in [3.05, 3.63) is 77.3 Å². The van der Waals surface area contributed by atoms with E-state index >= 15 is 0 Å². The van der Waals surface area contributed by atoms with Gasteiger partial charge in [-0.05, 0) is 37.3 Å². The number of benzene rings is 1. The van der Waals surface area contributed by atoms with Crippen LogP contribution >= 0.6 is 11.6 Å². The van der Waals surface area contributed by atoms with Gasteiger partial charge in [0.05, 0.1) is 30.6 Å². The fraction of sp³-hybridized carbons (Fsp3) is 0.240. The van der Waals surface area contributed by atoms with Crippen LogP contribution in [0.1, 0.15) is 31.0 Å². The Hall–Kier alpha value is -4.18. The number of pyridine rings is 2. The third-order valence-electron chi connectivity index (χ3n) is 5.49. The second-order valence-corrected chi connectivity index (χ2v) is 8.21. The summed E-state index contributed by atoms with van der Waals surface area (Å²) in [6, 6.07) is 14.9. The van der Waals surface area contributed by atoms with Gasteiger partial charge in [0.2, 0.25) is 18.0 Å². The fourth-order valence-electron chi connectivity index (χ4n) is 3.79. The molecule has 0 radical (unpaired) electrons. The summed E-state index contributed by atoms with van der Waals surface area (Å²) in [7, 11) is 1.57. The number of aryl methyl sites for hydroxylation is 1. The third-order valence-corrected chi connectivity index (χ3v) is 5.81. The number of nitrogens with one attached hydrogen (secondary N) is 1. The van der Waals surface area contributed by atoms with Crippen LogP contribution in [0.2, 0.25) is 5.02 Å². The lowest BCUT2D eigenvalue weighted by Crippen LogP contribution is -2.13. The zero-order chi connectivity index (χ0) is 24.9. The number of hydrogen-bond donors (Lipinski definition) is 1. The molecule has 0 saturated carbocycles. The molecule has 1 aliphatic heterocycles. The molecular formula is C25H24ClN7O3. The van der Waals surface area contributed by atoms with Crippen LogP contribution in [-0.4, -0.2) is 44.3 Å². The second kappa shape index (κ2) is 10.6. The van der Waals surface area contributed by atoms with Gasteiger partial charge in [-0.2, -0.15) is 0 Å². The van der Waals surface area contributed by atoms with Gasteiger partial charge in [0.1, 0.15) is 17.3 Å². The molecule has 1 unspecified atom stereocenters. The van der Waals surface area contributed by atoms with Crippen molar-refractivity contribution in [1.82, 2.24) is 30.2 Å². The Morgan fingerprint density at radius 3 is 2.75 bits per heavy atom. The molecule has 0 saturated heterocycles. The maximum Gasteiger partial charge on any atom is 0.213 e. The molecular weight excluding hydrogens is 482 g/mol. The van der Waals surface area contributed by atoms with Crippen LogP contribution in [0.15, 0.2) is 66.0 Å². The molecule has 184 valence electrons. The van der Waals surface area contributed by atoms with Crippen molar-refractivity contribution in [1.29, 1.82) is 0 Å². The van der Waals surface area contributed by atoms with Crippen molar-refractivity contribution in [2.24, 2.45) is 5.10 Å². The topological polar surface area (TPSA) is 109 Å². The minimum Gasteiger partial charge on any atom is -0.492 e. The van der Waals surface area contributed by atoms with Crippen LogP contribution in [-0.2, 0) is 11.2 Å². The monoisotopic (exact) mass is 505 g/mol. The first kappa shape index (κ1) is 23.6. The van der Waals surface area contributed by atoms with Crippen LogP contribution < -0.4 is 14.9 Å². The predicted octanol–water partition coefficient (Wildman–Crippen LogP) is 4.35. The lowest BCUT2D eigenvalue weighted by Gasteiger charge is -2.13. The summed E-state index contributed by atoms with van der Waals surface area (Å²) in [4.78, 5) is 8.65. The molecule has 36 heavy (non-hydrogen) atoms. The Kier molecular flexibility index (Phi) is 6.94. The molecule has 3 aromatic heterocycles. The van der Waals surface area contributed by atoms with Crippen LogP contribution in [0.3, 0.4) is 0 Å². The molecule has 0 bridgehead atoms. The highest BCUT2D eigenvalue weighted by Crippen LogP contribution is 2.29. The number of halogens is 1. The van der Waals surface area contributed by atoms with Gasteiger partial charge < -0.3 is 14.2 Å². The van der Waals surface area contributed by atoms with E-state index in [1.165, 1.54) is 0 Å². The van der Waals surface area contributed by atoms with Gasteiger partial charge in [-0.25, -0.2) is 9.97 Å². The van der Waals surface area contributed by atoms with Gasteiger partial charge in [0.25, 0.3) is 0 Å². The number of ether oxygens (including phenoxy) is 3. The van der Waals surface area contributed by atoms with Crippen molar-refractivity contribution in [3.63, 3.8) is 0 Å². The number of hydrazone groups is 1. The van der Waals surface area contributed by atoms with E-state index in [-0.39, 0.29) is 0 Å². The first-order valence-electron chi connectivity index (χ1n) is 11.4. The maximum atomic E-state index is 6.56. The molecule has 0 amide bonds. The van der Waals surface area contributed by atoms with Gasteiger partial charge in [0.15, 0.2) is 5.82 Å². The lowest BCUT2D eigenvalue weighted by molar-refractivity contribution is 0.186. The summed E-state index contributed by atoms with van der Waals surface area (Å²) < 4.78 is 18.6. The van der Waals surface area contributed by atoms with E-state index < -0.39 is 6.23 Å². The Balaban J connectivity index is 1.37. The molecule has 5 rings (SSSR count). The molecule has 0 fully saturated rings. The number of nitrogens with zero attached hydrogens (tertiary/aromatic N) is 6. The number of para-hydroxylation sites is 1. The lowest BCUT2D eigenvalue weighted by atomic mass is 10.2. The van der Waals surface area contributed by atoms with Crippen LogP contribution in [0.5, 0.6) is 11.6 Å². The van der Waals surface area contributed by atoms with Crippen molar-refractivity contribution in [3.8, 4) is 28.8 Å². The summed E-state index contributed by atoms with van der Waals surface area (Å²) in [5, 5.41) is 13.8. The van der Waals surface area contributed by atoms with Crippen molar-refractivity contribution < 1.29 is 14.2 Å². The molecule has 0 aliphatic carbocycles. The van der Waals surface area contributed by atoms with Gasteiger partial charge in [-0.1, -0.05) is 23.7 Å². The predicted molar refractivity (Wildman–Crippen MR) is 134 cm³/mol. The average molecular weight is 506 g/mol. The van der Waals surface area contributed by atoms with E-state index in [2.05, 4.69) is 30.7 Å². The average Bonchev–Trinajstić information content (AvgIpc) is 3.56. The van der Waals surface area contributed by atoms with Gasteiger partial charge in [0, 0.05) is 30.7 Å². The summed E-state index contributed by atoms with van der Waals surface area (Å²) in [5.74, 6) is 3.04. The first-order chi connectivity index (χ1) is 17.7. The molecule has 1 aromatic carbocycles. The molecule has 1 N–H and O–H groups in total. The summed E-state index contributed by atoms with van der Waals surface area (Å²) in [6.07, 6.45) is 3.94. The minimum absolute atomic E-state index is 0.415. The summed E-state index contributed by atoms with van der Waals surface area (Å²) in [6.45, 7) is 2.50.